The Morgan fingerprint density at radius 2 is 1.93 bits per heavy atom. The first kappa shape index (κ1) is 8.88. The first-order chi connectivity index (χ1) is 6.75. The maximum atomic E-state index is 9.15. The van der Waals surface area contributed by atoms with Crippen LogP contribution in [0.5, 0.6) is 5.75 Å². The Bertz CT molecular complexity index is 376. The molecule has 1 aliphatic rings. The van der Waals surface area contributed by atoms with Gasteiger partial charge in [0.2, 0.25) is 0 Å². The van der Waals surface area contributed by atoms with Crippen molar-refractivity contribution in [2.45, 2.75) is 12.8 Å². The number of phenols is 1. The summed E-state index contributed by atoms with van der Waals surface area (Å²) in [6.07, 6.45) is 4.19. The zero-order valence-corrected chi connectivity index (χ0v) is 7.96. The van der Waals surface area contributed by atoms with Crippen molar-refractivity contribution in [1.82, 2.24) is 5.32 Å². The molecule has 0 unspecified atom stereocenters. The van der Waals surface area contributed by atoms with Crippen molar-refractivity contribution in [3.63, 3.8) is 0 Å². The van der Waals surface area contributed by atoms with Gasteiger partial charge in [0.25, 0.3) is 0 Å². The lowest BCUT2D eigenvalue weighted by atomic mass is 10.1. The normalized spacial score (nSPS) is 16.0. The van der Waals surface area contributed by atoms with Gasteiger partial charge in [0.05, 0.1) is 0 Å². The molecule has 2 heteroatoms. The van der Waals surface area contributed by atoms with Crippen molar-refractivity contribution < 1.29 is 5.11 Å². The molecule has 1 aromatic rings. The number of hydrogen-bond donors (Lipinski definition) is 2. The zero-order chi connectivity index (χ0) is 9.97. The molecule has 1 aliphatic heterocycles. The third-order valence-corrected chi connectivity index (χ3v) is 2.28. The van der Waals surface area contributed by atoms with E-state index in [2.05, 4.69) is 18.0 Å². The van der Waals surface area contributed by atoms with Crippen LogP contribution in [0.4, 0.5) is 0 Å². The number of phenolic OH excluding ortho intramolecular Hbond substituents is 1. The van der Waals surface area contributed by atoms with E-state index in [-0.39, 0.29) is 0 Å². The molecule has 0 radical (unpaired) electrons. The molecular formula is C12H13NO. The highest BCUT2D eigenvalue weighted by Crippen LogP contribution is 2.21. The number of rotatable bonds is 1. The molecule has 2 nitrogen and oxygen atoms in total. The van der Waals surface area contributed by atoms with Crippen LogP contribution >= 0.6 is 0 Å². The standard InChI is InChI=1S/C12H13NO/c1-9-3-2-4-12(13-9)10-5-7-11(14)8-6-10/h4-8,13-14H,1-3H2. The maximum absolute atomic E-state index is 9.15. The van der Waals surface area contributed by atoms with Gasteiger partial charge in [0, 0.05) is 11.4 Å². The fourth-order valence-electron chi connectivity index (χ4n) is 1.53. The van der Waals surface area contributed by atoms with Crippen molar-refractivity contribution in [3.05, 3.63) is 48.2 Å². The molecule has 0 saturated heterocycles. The van der Waals surface area contributed by atoms with Crippen LogP contribution in [-0.2, 0) is 0 Å². The Morgan fingerprint density at radius 3 is 2.57 bits per heavy atom. The second-order valence-electron chi connectivity index (χ2n) is 3.43. The lowest BCUT2D eigenvalue weighted by molar-refractivity contribution is 0.475. The van der Waals surface area contributed by atoms with Crippen LogP contribution in [0, 0.1) is 0 Å². The summed E-state index contributed by atoms with van der Waals surface area (Å²) < 4.78 is 0. The number of aromatic hydroxyl groups is 1. The van der Waals surface area contributed by atoms with Gasteiger partial charge in [-0.2, -0.15) is 0 Å². The Hall–Kier alpha value is -1.70. The first-order valence-corrected chi connectivity index (χ1v) is 4.70. The fraction of sp³-hybridized carbons (Fsp3) is 0.167. The van der Waals surface area contributed by atoms with E-state index in [0.717, 1.165) is 29.8 Å². The van der Waals surface area contributed by atoms with E-state index in [9.17, 15) is 0 Å². The number of allylic oxidation sites excluding steroid dienone is 2. The summed E-state index contributed by atoms with van der Waals surface area (Å²) in [5.41, 5.74) is 3.22. The van der Waals surface area contributed by atoms with Gasteiger partial charge >= 0.3 is 0 Å². The molecule has 0 saturated carbocycles. The molecule has 0 bridgehead atoms. The molecule has 1 heterocycles. The molecule has 0 aliphatic carbocycles. The van der Waals surface area contributed by atoms with Crippen LogP contribution in [0.1, 0.15) is 18.4 Å². The first-order valence-electron chi connectivity index (χ1n) is 4.70. The zero-order valence-electron chi connectivity index (χ0n) is 7.96. The van der Waals surface area contributed by atoms with Crippen molar-refractivity contribution in [2.75, 3.05) is 0 Å². The monoisotopic (exact) mass is 187 g/mol. The molecule has 0 atom stereocenters. The smallest absolute Gasteiger partial charge is 0.115 e. The molecule has 0 aromatic heterocycles. The topological polar surface area (TPSA) is 32.3 Å². The SMILES string of the molecule is C=C1CCC=C(c2ccc(O)cc2)N1. The third kappa shape index (κ3) is 1.79. The van der Waals surface area contributed by atoms with Crippen LogP contribution in [-0.4, -0.2) is 5.11 Å². The summed E-state index contributed by atoms with van der Waals surface area (Å²) in [5.74, 6) is 0.295. The predicted octanol–water partition coefficient (Wildman–Crippen LogP) is 2.63. The summed E-state index contributed by atoms with van der Waals surface area (Å²) in [5, 5.41) is 12.4. The highest BCUT2D eigenvalue weighted by atomic mass is 16.3. The highest BCUT2D eigenvalue weighted by Gasteiger charge is 2.07. The van der Waals surface area contributed by atoms with Crippen LogP contribution in [0.25, 0.3) is 5.70 Å². The molecule has 14 heavy (non-hydrogen) atoms. The van der Waals surface area contributed by atoms with Crippen LogP contribution in [0.2, 0.25) is 0 Å². The molecule has 0 fully saturated rings. The van der Waals surface area contributed by atoms with E-state index < -0.39 is 0 Å². The van der Waals surface area contributed by atoms with E-state index >= 15 is 0 Å². The minimum atomic E-state index is 0.295. The molecular weight excluding hydrogens is 174 g/mol. The molecule has 72 valence electrons. The second kappa shape index (κ2) is 3.58. The highest BCUT2D eigenvalue weighted by molar-refractivity contribution is 5.66. The summed E-state index contributed by atoms with van der Waals surface area (Å²) in [7, 11) is 0. The van der Waals surface area contributed by atoms with E-state index in [1.54, 1.807) is 12.1 Å². The number of nitrogens with one attached hydrogen (secondary N) is 1. The largest absolute Gasteiger partial charge is 0.508 e. The van der Waals surface area contributed by atoms with Crippen LogP contribution in [0.3, 0.4) is 0 Å². The molecule has 1 aromatic carbocycles. The average molecular weight is 187 g/mol. The number of benzene rings is 1. The van der Waals surface area contributed by atoms with Gasteiger partial charge < -0.3 is 10.4 Å². The predicted molar refractivity (Wildman–Crippen MR) is 57.6 cm³/mol. The third-order valence-electron chi connectivity index (χ3n) is 2.28. The van der Waals surface area contributed by atoms with E-state index in [4.69, 9.17) is 5.11 Å². The minimum absolute atomic E-state index is 0.295. The van der Waals surface area contributed by atoms with Gasteiger partial charge in [0.15, 0.2) is 0 Å². The van der Waals surface area contributed by atoms with Gasteiger partial charge in [-0.25, -0.2) is 0 Å². The van der Waals surface area contributed by atoms with Crippen molar-refractivity contribution in [3.8, 4) is 5.75 Å². The quantitative estimate of drug-likeness (QED) is 0.708. The summed E-state index contributed by atoms with van der Waals surface area (Å²) in [6.45, 7) is 3.91. The summed E-state index contributed by atoms with van der Waals surface area (Å²) in [6, 6.07) is 7.17. The molecule has 2 rings (SSSR count). The second-order valence-corrected chi connectivity index (χ2v) is 3.43. The molecule has 2 N–H and O–H groups in total. The van der Waals surface area contributed by atoms with Gasteiger partial charge in [-0.1, -0.05) is 12.7 Å². The van der Waals surface area contributed by atoms with E-state index in [1.807, 2.05) is 12.1 Å². The molecule has 0 spiro atoms. The maximum Gasteiger partial charge on any atom is 0.115 e. The van der Waals surface area contributed by atoms with Gasteiger partial charge in [-0.05, 0) is 42.7 Å². The van der Waals surface area contributed by atoms with Crippen molar-refractivity contribution in [1.29, 1.82) is 0 Å². The van der Waals surface area contributed by atoms with Crippen LogP contribution in [0.15, 0.2) is 42.6 Å². The lowest BCUT2D eigenvalue weighted by Gasteiger charge is -2.17. The molecule has 0 amide bonds. The Balaban J connectivity index is 2.26. The number of hydrogen-bond acceptors (Lipinski definition) is 2. The van der Waals surface area contributed by atoms with Gasteiger partial charge in [-0.3, -0.25) is 0 Å². The van der Waals surface area contributed by atoms with Crippen molar-refractivity contribution >= 4 is 5.70 Å². The average Bonchev–Trinajstić information content (AvgIpc) is 2.19. The summed E-state index contributed by atoms with van der Waals surface area (Å²) in [4.78, 5) is 0. The van der Waals surface area contributed by atoms with Gasteiger partial charge in [-0.15, -0.1) is 0 Å². The van der Waals surface area contributed by atoms with E-state index in [0.29, 0.717) is 5.75 Å². The Morgan fingerprint density at radius 1 is 1.21 bits per heavy atom. The van der Waals surface area contributed by atoms with Gasteiger partial charge in [0.1, 0.15) is 5.75 Å². The van der Waals surface area contributed by atoms with Crippen molar-refractivity contribution in [2.24, 2.45) is 0 Å². The van der Waals surface area contributed by atoms with E-state index in [1.165, 1.54) is 0 Å². The lowest BCUT2D eigenvalue weighted by Crippen LogP contribution is -2.14. The minimum Gasteiger partial charge on any atom is -0.508 e. The Kier molecular flexibility index (Phi) is 2.27. The van der Waals surface area contributed by atoms with Crippen LogP contribution < -0.4 is 5.32 Å². The fourth-order valence-corrected chi connectivity index (χ4v) is 1.53. The Labute approximate surface area is 83.6 Å². The summed E-state index contributed by atoms with van der Waals surface area (Å²) >= 11 is 0.